The summed E-state index contributed by atoms with van der Waals surface area (Å²) in [6.07, 6.45) is -2.22. The topological polar surface area (TPSA) is 38.5 Å². The number of nitrogens with zero attached hydrogens (tertiary/aromatic N) is 1. The van der Waals surface area contributed by atoms with Gasteiger partial charge in [0.15, 0.2) is 0 Å². The number of nitrogen functional groups attached to an aromatic ring is 1. The van der Waals surface area contributed by atoms with Crippen molar-refractivity contribution in [2.45, 2.75) is 25.1 Å². The number of hydrogen-bond donors (Lipinski definition) is 1. The first-order valence-corrected chi connectivity index (χ1v) is 6.17. The minimum absolute atomic E-state index is 0.131. The Morgan fingerprint density at radius 1 is 1.42 bits per heavy atom. The summed E-state index contributed by atoms with van der Waals surface area (Å²) in [6, 6.07) is 3.44. The molecule has 1 aromatic carbocycles. The van der Waals surface area contributed by atoms with Crippen LogP contribution in [0.25, 0.3) is 0 Å². The Morgan fingerprint density at radius 3 is 2.68 bits per heavy atom. The molecule has 2 rings (SSSR count). The number of ether oxygens (including phenoxy) is 1. The van der Waals surface area contributed by atoms with Crippen LogP contribution < -0.4 is 10.6 Å². The van der Waals surface area contributed by atoms with Gasteiger partial charge in [0.2, 0.25) is 0 Å². The summed E-state index contributed by atoms with van der Waals surface area (Å²) < 4.78 is 43.1. The lowest BCUT2D eigenvalue weighted by Crippen LogP contribution is -2.29. The van der Waals surface area contributed by atoms with Crippen molar-refractivity contribution in [2.24, 2.45) is 0 Å². The monoisotopic (exact) mass is 274 g/mol. The van der Waals surface area contributed by atoms with Gasteiger partial charge in [0.25, 0.3) is 0 Å². The largest absolute Gasteiger partial charge is 0.416 e. The molecule has 106 valence electrons. The molecular formula is C13H17F3N2O. The van der Waals surface area contributed by atoms with Crippen LogP contribution in [0, 0.1) is 0 Å². The fourth-order valence-corrected chi connectivity index (χ4v) is 2.27. The number of nitrogens with two attached hydrogens (primary N) is 1. The first kappa shape index (κ1) is 14.0. The number of hydrogen-bond acceptors (Lipinski definition) is 3. The molecule has 1 heterocycles. The van der Waals surface area contributed by atoms with E-state index < -0.39 is 11.7 Å². The normalized spacial score (nSPS) is 19.7. The van der Waals surface area contributed by atoms with Crippen molar-refractivity contribution in [2.75, 3.05) is 30.8 Å². The Bertz CT molecular complexity index is 442. The second-order valence-corrected chi connectivity index (χ2v) is 4.79. The number of rotatable bonds is 3. The zero-order valence-electron chi connectivity index (χ0n) is 10.7. The van der Waals surface area contributed by atoms with Crippen LogP contribution in [0.1, 0.15) is 18.4 Å². The van der Waals surface area contributed by atoms with Gasteiger partial charge in [-0.2, -0.15) is 13.2 Å². The molecule has 19 heavy (non-hydrogen) atoms. The molecule has 0 saturated carbocycles. The summed E-state index contributed by atoms with van der Waals surface area (Å²) in [5.74, 6) is 0. The summed E-state index contributed by atoms with van der Waals surface area (Å²) in [5, 5.41) is 0. The van der Waals surface area contributed by atoms with Gasteiger partial charge in [-0.05, 0) is 31.0 Å². The summed E-state index contributed by atoms with van der Waals surface area (Å²) in [6.45, 7) is 1.39. The molecule has 0 bridgehead atoms. The van der Waals surface area contributed by atoms with E-state index in [1.807, 2.05) is 4.90 Å². The van der Waals surface area contributed by atoms with Crippen LogP contribution in [0.4, 0.5) is 24.5 Å². The zero-order chi connectivity index (χ0) is 14.0. The quantitative estimate of drug-likeness (QED) is 0.861. The second-order valence-electron chi connectivity index (χ2n) is 4.79. The first-order chi connectivity index (χ1) is 8.88. The van der Waals surface area contributed by atoms with Crippen LogP contribution >= 0.6 is 0 Å². The van der Waals surface area contributed by atoms with E-state index in [-0.39, 0.29) is 11.8 Å². The molecule has 1 fully saturated rings. The van der Waals surface area contributed by atoms with E-state index in [1.165, 1.54) is 6.07 Å². The van der Waals surface area contributed by atoms with Gasteiger partial charge in [-0.1, -0.05) is 0 Å². The highest BCUT2D eigenvalue weighted by molar-refractivity contribution is 5.68. The molecule has 0 radical (unpaired) electrons. The fourth-order valence-electron chi connectivity index (χ4n) is 2.27. The number of anilines is 2. The molecule has 0 aliphatic carbocycles. The van der Waals surface area contributed by atoms with Crippen molar-refractivity contribution in [3.63, 3.8) is 0 Å². The minimum Gasteiger partial charge on any atom is -0.397 e. The molecule has 1 atom stereocenters. The molecule has 1 aliphatic rings. The Kier molecular flexibility index (Phi) is 3.89. The molecule has 6 heteroatoms. The first-order valence-electron chi connectivity index (χ1n) is 6.17. The summed E-state index contributed by atoms with van der Waals surface area (Å²) in [7, 11) is 1.81. The number of likely N-dealkylation sites (N-methyl/N-ethyl adjacent to an activating group) is 1. The van der Waals surface area contributed by atoms with E-state index in [4.69, 9.17) is 10.5 Å². The standard InChI is InChI=1S/C13H17F3N2O/c1-18(8-10-3-2-6-19-10)12-5-4-9(7-11(12)17)13(14,15)16/h4-5,7,10H,2-3,6,8,17H2,1H3. The van der Waals surface area contributed by atoms with Gasteiger partial charge in [-0.3, -0.25) is 0 Å². The lowest BCUT2D eigenvalue weighted by atomic mass is 10.1. The molecule has 0 amide bonds. The van der Waals surface area contributed by atoms with Crippen molar-refractivity contribution in [3.05, 3.63) is 23.8 Å². The maximum Gasteiger partial charge on any atom is 0.416 e. The Hall–Kier alpha value is -1.43. The van der Waals surface area contributed by atoms with E-state index in [2.05, 4.69) is 0 Å². The van der Waals surface area contributed by atoms with Gasteiger partial charge < -0.3 is 15.4 Å². The number of halogens is 3. The smallest absolute Gasteiger partial charge is 0.397 e. The van der Waals surface area contributed by atoms with Gasteiger partial charge >= 0.3 is 6.18 Å². The molecule has 1 saturated heterocycles. The maximum absolute atomic E-state index is 12.5. The Balaban J connectivity index is 2.11. The average molecular weight is 274 g/mol. The van der Waals surface area contributed by atoms with E-state index >= 15 is 0 Å². The van der Waals surface area contributed by atoms with E-state index in [9.17, 15) is 13.2 Å². The highest BCUT2D eigenvalue weighted by Crippen LogP contribution is 2.34. The van der Waals surface area contributed by atoms with Gasteiger partial charge in [0.05, 0.1) is 23.0 Å². The Labute approximate surface area is 110 Å². The van der Waals surface area contributed by atoms with Gasteiger partial charge in [0, 0.05) is 20.2 Å². The maximum atomic E-state index is 12.5. The zero-order valence-corrected chi connectivity index (χ0v) is 10.7. The Morgan fingerprint density at radius 2 is 2.16 bits per heavy atom. The van der Waals surface area contributed by atoms with E-state index in [0.29, 0.717) is 12.2 Å². The van der Waals surface area contributed by atoms with Crippen LogP contribution in [0.5, 0.6) is 0 Å². The number of alkyl halides is 3. The molecule has 1 aliphatic heterocycles. The summed E-state index contributed by atoms with van der Waals surface area (Å²) >= 11 is 0. The van der Waals surface area contributed by atoms with Gasteiger partial charge in [-0.15, -0.1) is 0 Å². The summed E-state index contributed by atoms with van der Waals surface area (Å²) in [4.78, 5) is 1.84. The predicted octanol–water partition coefficient (Wildman–Crippen LogP) is 2.90. The second kappa shape index (κ2) is 5.28. The van der Waals surface area contributed by atoms with Crippen LogP contribution in [0.2, 0.25) is 0 Å². The lowest BCUT2D eigenvalue weighted by molar-refractivity contribution is -0.137. The third-order valence-corrected chi connectivity index (χ3v) is 3.27. The van der Waals surface area contributed by atoms with Crippen molar-refractivity contribution < 1.29 is 17.9 Å². The lowest BCUT2D eigenvalue weighted by Gasteiger charge is -2.24. The van der Waals surface area contributed by atoms with Crippen LogP contribution in [-0.4, -0.2) is 26.3 Å². The van der Waals surface area contributed by atoms with E-state index in [1.54, 1.807) is 7.05 Å². The van der Waals surface area contributed by atoms with Crippen molar-refractivity contribution in [1.82, 2.24) is 0 Å². The van der Waals surface area contributed by atoms with E-state index in [0.717, 1.165) is 31.6 Å². The third-order valence-electron chi connectivity index (χ3n) is 3.27. The molecule has 0 spiro atoms. The van der Waals surface area contributed by atoms with Crippen molar-refractivity contribution in [1.29, 1.82) is 0 Å². The van der Waals surface area contributed by atoms with Gasteiger partial charge in [0.1, 0.15) is 0 Å². The fraction of sp³-hybridized carbons (Fsp3) is 0.538. The van der Waals surface area contributed by atoms with Crippen LogP contribution in [0.3, 0.4) is 0 Å². The molecule has 1 unspecified atom stereocenters. The molecular weight excluding hydrogens is 257 g/mol. The van der Waals surface area contributed by atoms with Crippen molar-refractivity contribution >= 4 is 11.4 Å². The van der Waals surface area contributed by atoms with Crippen molar-refractivity contribution in [3.8, 4) is 0 Å². The van der Waals surface area contributed by atoms with Crippen LogP contribution in [-0.2, 0) is 10.9 Å². The molecule has 3 nitrogen and oxygen atoms in total. The molecule has 0 aromatic heterocycles. The summed E-state index contributed by atoms with van der Waals surface area (Å²) in [5.41, 5.74) is 5.72. The average Bonchev–Trinajstić information content (AvgIpc) is 2.80. The molecule has 1 aromatic rings. The SMILES string of the molecule is CN(CC1CCCO1)c1ccc(C(F)(F)F)cc1N. The van der Waals surface area contributed by atoms with Crippen LogP contribution in [0.15, 0.2) is 18.2 Å². The predicted molar refractivity (Wildman–Crippen MR) is 68.1 cm³/mol. The number of benzene rings is 1. The molecule has 2 N–H and O–H groups in total. The highest BCUT2D eigenvalue weighted by atomic mass is 19.4. The minimum atomic E-state index is -4.36. The highest BCUT2D eigenvalue weighted by Gasteiger charge is 2.31. The van der Waals surface area contributed by atoms with Gasteiger partial charge in [-0.25, -0.2) is 0 Å². The third kappa shape index (κ3) is 3.32.